The molecule has 0 amide bonds. The van der Waals surface area contributed by atoms with Crippen molar-refractivity contribution < 1.29 is 55.8 Å². The van der Waals surface area contributed by atoms with Crippen LogP contribution >= 0.6 is 15.2 Å². The zero-order valence-corrected chi connectivity index (χ0v) is 17.9. The highest BCUT2D eigenvalue weighted by molar-refractivity contribution is 7.53. The minimum Gasteiger partial charge on any atom is -0.435 e. The Kier molecular flexibility index (Phi) is 9.26. The quantitative estimate of drug-likeness (QED) is 0.355. The van der Waals surface area contributed by atoms with E-state index < -0.39 is 52.0 Å². The molecule has 2 saturated heterocycles. The van der Waals surface area contributed by atoms with Crippen LogP contribution in [0.2, 0.25) is 0 Å². The van der Waals surface area contributed by atoms with E-state index in [0.29, 0.717) is 13.0 Å². The number of carbonyl (C=O) groups is 3. The topological polar surface area (TPSA) is 150 Å². The van der Waals surface area contributed by atoms with Gasteiger partial charge in [-0.3, -0.25) is 37.1 Å². The van der Waals surface area contributed by atoms with Gasteiger partial charge in [-0.2, -0.15) is 0 Å². The van der Waals surface area contributed by atoms with Gasteiger partial charge in [-0.05, 0) is 0 Å². The average molecular weight is 446 g/mol. The van der Waals surface area contributed by atoms with Crippen LogP contribution in [-0.2, 0) is 55.8 Å². The number of esters is 3. The first-order valence-electron chi connectivity index (χ1n) is 8.14. The maximum atomic E-state index is 11.6. The molecule has 0 aromatic heterocycles. The van der Waals surface area contributed by atoms with Gasteiger partial charge in [-0.25, -0.2) is 0 Å². The zero-order valence-electron chi connectivity index (χ0n) is 16.1. The zero-order chi connectivity index (χ0) is 21.5. The maximum Gasteiger partial charge on any atom is 0.333 e. The van der Waals surface area contributed by atoms with Gasteiger partial charge >= 0.3 is 33.1 Å². The van der Waals surface area contributed by atoms with Gasteiger partial charge in [-0.15, -0.1) is 0 Å². The molecule has 0 bridgehead atoms. The molecule has 2 aliphatic heterocycles. The van der Waals surface area contributed by atoms with Crippen LogP contribution in [0.25, 0.3) is 0 Å². The largest absolute Gasteiger partial charge is 0.435 e. The molecule has 12 nitrogen and oxygen atoms in total. The minimum absolute atomic E-state index is 0.00299. The molecule has 4 unspecified atom stereocenters. The lowest BCUT2D eigenvalue weighted by Gasteiger charge is -2.31. The van der Waals surface area contributed by atoms with E-state index in [9.17, 15) is 23.5 Å². The van der Waals surface area contributed by atoms with E-state index >= 15 is 0 Å². The minimum atomic E-state index is -3.37. The molecular weight excluding hydrogens is 422 g/mol. The van der Waals surface area contributed by atoms with Crippen LogP contribution in [0.4, 0.5) is 0 Å². The van der Waals surface area contributed by atoms with Crippen molar-refractivity contribution in [2.45, 2.75) is 52.5 Å². The van der Waals surface area contributed by atoms with Crippen LogP contribution in [0, 0.1) is 0 Å². The number of rotatable bonds is 3. The normalized spacial score (nSPS) is 35.0. The first-order chi connectivity index (χ1) is 12.8. The molecule has 2 heterocycles. The van der Waals surface area contributed by atoms with Gasteiger partial charge in [0.25, 0.3) is 0 Å². The molecule has 14 heteroatoms. The molecule has 0 aliphatic carbocycles. The number of hydrogen-bond acceptors (Lipinski definition) is 12. The summed E-state index contributed by atoms with van der Waals surface area (Å²) in [5, 5.41) is 0. The fraction of sp³-hybridized carbons (Fsp3) is 0.786. The second-order valence-electron chi connectivity index (χ2n) is 5.83. The van der Waals surface area contributed by atoms with Crippen LogP contribution < -0.4 is 0 Å². The van der Waals surface area contributed by atoms with Crippen molar-refractivity contribution in [2.24, 2.45) is 0 Å². The monoisotopic (exact) mass is 446 g/mol. The number of hydrogen-bond donors (Lipinski definition) is 0. The van der Waals surface area contributed by atoms with Crippen LogP contribution in [0.1, 0.15) is 33.6 Å². The van der Waals surface area contributed by atoms with E-state index in [1.807, 2.05) is 0 Å². The van der Waals surface area contributed by atoms with Crippen LogP contribution in [0.3, 0.4) is 0 Å². The summed E-state index contributed by atoms with van der Waals surface area (Å²) < 4.78 is 56.4. The summed E-state index contributed by atoms with van der Waals surface area (Å²) in [6, 6.07) is 0. The Labute approximate surface area is 162 Å². The predicted molar refractivity (Wildman–Crippen MR) is 92.2 cm³/mol. The SMILES string of the molecule is CC(=O)OC1CC(OC(C)=O)OP(C)(=O)O1.CC(=O)OC1CCOP(C)(=O)O1. The molecule has 2 rings (SSSR count). The van der Waals surface area contributed by atoms with Crippen molar-refractivity contribution in [3.63, 3.8) is 0 Å². The van der Waals surface area contributed by atoms with Crippen LogP contribution in [-0.4, -0.2) is 56.7 Å². The summed E-state index contributed by atoms with van der Waals surface area (Å²) in [6.07, 6.45) is -2.33. The highest BCUT2D eigenvalue weighted by Crippen LogP contribution is 2.51. The average Bonchev–Trinajstić information content (AvgIpc) is 2.42. The van der Waals surface area contributed by atoms with Gasteiger partial charge in [0, 0.05) is 40.5 Å². The fourth-order valence-electron chi connectivity index (χ4n) is 2.08. The molecule has 0 saturated carbocycles. The molecule has 0 radical (unpaired) electrons. The lowest BCUT2D eigenvalue weighted by molar-refractivity contribution is -0.199. The van der Waals surface area contributed by atoms with Gasteiger partial charge in [0.1, 0.15) is 0 Å². The van der Waals surface area contributed by atoms with E-state index in [0.717, 1.165) is 0 Å². The smallest absolute Gasteiger partial charge is 0.333 e. The maximum absolute atomic E-state index is 11.6. The standard InChI is InChI=1S/C8H13O7P.C6H11O5P/c1-5(9)12-7-4-8(13-6(2)10)15-16(3,11)14-7;1-5(7)10-6-3-4-9-12(2,8)11-6/h7-8H,4H2,1-3H3;6H,3-4H2,1-2H3. The van der Waals surface area contributed by atoms with Crippen molar-refractivity contribution in [2.75, 3.05) is 19.9 Å². The molecule has 28 heavy (non-hydrogen) atoms. The van der Waals surface area contributed by atoms with Crippen LogP contribution in [0.5, 0.6) is 0 Å². The van der Waals surface area contributed by atoms with Gasteiger partial charge in [0.2, 0.25) is 18.9 Å². The summed E-state index contributed by atoms with van der Waals surface area (Å²) in [5.41, 5.74) is 0. The number of carbonyl (C=O) groups excluding carboxylic acids is 3. The summed E-state index contributed by atoms with van der Waals surface area (Å²) in [6.45, 7) is 6.52. The summed E-state index contributed by atoms with van der Waals surface area (Å²) >= 11 is 0. The Balaban J connectivity index is 0.000000292. The van der Waals surface area contributed by atoms with E-state index in [1.54, 1.807) is 0 Å². The highest BCUT2D eigenvalue weighted by Gasteiger charge is 2.38. The van der Waals surface area contributed by atoms with Crippen molar-refractivity contribution >= 4 is 33.1 Å². The first-order valence-corrected chi connectivity index (χ1v) is 12.1. The van der Waals surface area contributed by atoms with Gasteiger partial charge in [0.15, 0.2) is 0 Å². The lowest BCUT2D eigenvalue weighted by atomic mass is 10.4. The van der Waals surface area contributed by atoms with Crippen LogP contribution in [0.15, 0.2) is 0 Å². The fourth-order valence-corrected chi connectivity index (χ4v) is 4.32. The molecule has 0 aromatic rings. The van der Waals surface area contributed by atoms with Crippen molar-refractivity contribution in [3.05, 3.63) is 0 Å². The van der Waals surface area contributed by atoms with E-state index in [4.69, 9.17) is 32.3 Å². The molecule has 162 valence electrons. The van der Waals surface area contributed by atoms with E-state index in [-0.39, 0.29) is 6.42 Å². The Morgan fingerprint density at radius 3 is 1.54 bits per heavy atom. The molecule has 4 atom stereocenters. The van der Waals surface area contributed by atoms with E-state index in [2.05, 4.69) is 0 Å². The molecular formula is C14H24O12P2. The Bertz CT molecular complexity index is 649. The van der Waals surface area contributed by atoms with Crippen molar-refractivity contribution in [1.29, 1.82) is 0 Å². The van der Waals surface area contributed by atoms with Crippen molar-refractivity contribution in [1.82, 2.24) is 0 Å². The number of ether oxygens (including phenoxy) is 3. The summed E-state index contributed by atoms with van der Waals surface area (Å²) in [4.78, 5) is 31.9. The summed E-state index contributed by atoms with van der Waals surface area (Å²) in [5.74, 6) is -1.59. The molecule has 2 fully saturated rings. The lowest BCUT2D eigenvalue weighted by Crippen LogP contribution is -2.33. The predicted octanol–water partition coefficient (Wildman–Crippen LogP) is 2.16. The molecule has 2 aliphatic rings. The molecule has 0 N–H and O–H groups in total. The Morgan fingerprint density at radius 1 is 0.750 bits per heavy atom. The Hall–Kier alpha value is -1.29. The van der Waals surface area contributed by atoms with Gasteiger partial charge in [0.05, 0.1) is 13.0 Å². The van der Waals surface area contributed by atoms with E-state index in [1.165, 1.54) is 34.1 Å². The van der Waals surface area contributed by atoms with Gasteiger partial charge in [-0.1, -0.05) is 0 Å². The third-order valence-electron chi connectivity index (χ3n) is 2.88. The van der Waals surface area contributed by atoms with Crippen molar-refractivity contribution in [3.8, 4) is 0 Å². The Morgan fingerprint density at radius 2 is 1.14 bits per heavy atom. The van der Waals surface area contributed by atoms with Gasteiger partial charge < -0.3 is 18.7 Å². The second kappa shape index (κ2) is 10.5. The third kappa shape index (κ3) is 10.3. The highest BCUT2D eigenvalue weighted by atomic mass is 31.2. The second-order valence-corrected chi connectivity index (χ2v) is 9.81. The summed E-state index contributed by atoms with van der Waals surface area (Å²) in [7, 11) is -6.34. The third-order valence-corrected chi connectivity index (χ3v) is 5.39. The molecule has 0 spiro atoms. The first kappa shape index (κ1) is 24.7. The molecule has 0 aromatic carbocycles.